The average Bonchev–Trinajstić information content (AvgIpc) is 3.04. The third-order valence-corrected chi connectivity index (χ3v) is 3.39. The van der Waals surface area contributed by atoms with Crippen molar-refractivity contribution in [3.63, 3.8) is 0 Å². The minimum atomic E-state index is 0.473. The summed E-state index contributed by atoms with van der Waals surface area (Å²) >= 11 is 5.16. The maximum absolute atomic E-state index is 5.36. The number of thiocarbonyl (C=S) groups is 1. The molecular formula is C17H19N7S. The molecule has 8 heteroatoms. The first-order valence-corrected chi connectivity index (χ1v) is 8.06. The van der Waals surface area contributed by atoms with Gasteiger partial charge in [0, 0.05) is 25.4 Å². The summed E-state index contributed by atoms with van der Waals surface area (Å²) in [5.74, 6) is 6.47. The summed E-state index contributed by atoms with van der Waals surface area (Å²) in [7, 11) is 0. The molecule has 0 aliphatic carbocycles. The van der Waals surface area contributed by atoms with E-state index in [2.05, 4.69) is 37.4 Å². The molecule has 2 heterocycles. The molecule has 0 saturated heterocycles. The first-order valence-electron chi connectivity index (χ1n) is 7.65. The molecule has 7 nitrogen and oxygen atoms in total. The summed E-state index contributed by atoms with van der Waals surface area (Å²) in [6.07, 6.45) is 15.8. The molecule has 0 aliphatic rings. The number of nitrogens with one attached hydrogen (secondary N) is 2. The summed E-state index contributed by atoms with van der Waals surface area (Å²) < 4.78 is 1.81. The van der Waals surface area contributed by atoms with Crippen LogP contribution in [0.5, 0.6) is 0 Å². The standard InChI is InChI=1S/C17H19N7S/c1-4-7-23(8-5-2)10-14-11-24(13-21-14)16-9-15(19-12-20-16)22-17(25)18-6-3/h1-2,9,11-13H,6-8,10H2,3H3,(H2,18,19,20,22,25). The Bertz CT molecular complexity index is 784. The van der Waals surface area contributed by atoms with Crippen LogP contribution in [0.25, 0.3) is 5.82 Å². The van der Waals surface area contributed by atoms with Gasteiger partial charge in [0.25, 0.3) is 0 Å². The third kappa shape index (κ3) is 5.57. The van der Waals surface area contributed by atoms with E-state index in [0.717, 1.165) is 12.2 Å². The van der Waals surface area contributed by atoms with Gasteiger partial charge < -0.3 is 10.6 Å². The van der Waals surface area contributed by atoms with Gasteiger partial charge in [0.05, 0.1) is 18.8 Å². The van der Waals surface area contributed by atoms with Crippen molar-refractivity contribution in [3.8, 4) is 30.5 Å². The van der Waals surface area contributed by atoms with Crippen molar-refractivity contribution in [3.05, 3.63) is 30.6 Å². The number of anilines is 1. The second-order valence-corrected chi connectivity index (χ2v) is 5.48. The molecular weight excluding hydrogens is 334 g/mol. The number of terminal acetylenes is 2. The minimum Gasteiger partial charge on any atom is -0.363 e. The van der Waals surface area contributed by atoms with Crippen molar-refractivity contribution >= 4 is 23.1 Å². The van der Waals surface area contributed by atoms with Gasteiger partial charge in [0.1, 0.15) is 24.3 Å². The fourth-order valence-electron chi connectivity index (χ4n) is 2.10. The predicted octanol–water partition coefficient (Wildman–Crippen LogP) is 1.04. The molecule has 0 amide bonds. The van der Waals surface area contributed by atoms with Crippen LogP contribution >= 0.6 is 12.2 Å². The zero-order valence-corrected chi connectivity index (χ0v) is 14.8. The fraction of sp³-hybridized carbons (Fsp3) is 0.294. The van der Waals surface area contributed by atoms with E-state index in [1.54, 1.807) is 12.4 Å². The first-order chi connectivity index (χ1) is 12.2. The van der Waals surface area contributed by atoms with Crippen molar-refractivity contribution in [2.24, 2.45) is 0 Å². The van der Waals surface area contributed by atoms with E-state index >= 15 is 0 Å². The van der Waals surface area contributed by atoms with Gasteiger partial charge in [-0.05, 0) is 19.1 Å². The van der Waals surface area contributed by atoms with Crippen LogP contribution in [0.15, 0.2) is 24.9 Å². The van der Waals surface area contributed by atoms with Crippen molar-refractivity contribution in [1.82, 2.24) is 29.7 Å². The summed E-state index contributed by atoms with van der Waals surface area (Å²) in [6, 6.07) is 1.79. The molecule has 0 fully saturated rings. The number of hydrogen-bond donors (Lipinski definition) is 2. The van der Waals surface area contributed by atoms with Crippen LogP contribution < -0.4 is 10.6 Å². The third-order valence-electron chi connectivity index (χ3n) is 3.15. The number of aromatic nitrogens is 4. The van der Waals surface area contributed by atoms with Crippen LogP contribution in [0.1, 0.15) is 12.6 Å². The zero-order valence-electron chi connectivity index (χ0n) is 13.9. The highest BCUT2D eigenvalue weighted by Gasteiger charge is 2.08. The molecule has 2 aromatic heterocycles. The van der Waals surface area contributed by atoms with Crippen molar-refractivity contribution < 1.29 is 0 Å². The Kier molecular flexibility index (Phi) is 6.90. The molecule has 0 aromatic carbocycles. The van der Waals surface area contributed by atoms with E-state index in [1.807, 2.05) is 22.6 Å². The number of nitrogens with zero attached hydrogens (tertiary/aromatic N) is 5. The van der Waals surface area contributed by atoms with E-state index in [1.165, 1.54) is 6.33 Å². The van der Waals surface area contributed by atoms with Gasteiger partial charge in [-0.2, -0.15) is 0 Å². The van der Waals surface area contributed by atoms with Gasteiger partial charge in [-0.1, -0.05) is 11.8 Å². The molecule has 0 spiro atoms. The fourth-order valence-corrected chi connectivity index (χ4v) is 2.35. The highest BCUT2D eigenvalue weighted by molar-refractivity contribution is 7.80. The summed E-state index contributed by atoms with van der Waals surface area (Å²) in [5, 5.41) is 6.53. The van der Waals surface area contributed by atoms with E-state index in [4.69, 9.17) is 25.1 Å². The van der Waals surface area contributed by atoms with Gasteiger partial charge in [-0.3, -0.25) is 9.47 Å². The minimum absolute atomic E-state index is 0.473. The van der Waals surface area contributed by atoms with Gasteiger partial charge in [0.2, 0.25) is 0 Å². The average molecular weight is 353 g/mol. The zero-order chi connectivity index (χ0) is 18.1. The van der Waals surface area contributed by atoms with Crippen LogP contribution in [0, 0.1) is 24.7 Å². The van der Waals surface area contributed by atoms with Gasteiger partial charge >= 0.3 is 0 Å². The Morgan fingerprint density at radius 1 is 1.28 bits per heavy atom. The Morgan fingerprint density at radius 2 is 2.04 bits per heavy atom. The SMILES string of the molecule is C#CCN(CC#C)Cc1cn(-c2cc(NC(=S)NCC)ncn2)cn1. The van der Waals surface area contributed by atoms with Gasteiger partial charge in [-0.15, -0.1) is 12.8 Å². The highest BCUT2D eigenvalue weighted by Crippen LogP contribution is 2.11. The lowest BCUT2D eigenvalue weighted by molar-refractivity contribution is 0.334. The molecule has 0 atom stereocenters. The molecule has 0 saturated carbocycles. The number of hydrogen-bond acceptors (Lipinski definition) is 5. The van der Waals surface area contributed by atoms with Crippen molar-refractivity contribution in [1.29, 1.82) is 0 Å². The summed E-state index contributed by atoms with van der Waals surface area (Å²) in [4.78, 5) is 14.7. The maximum Gasteiger partial charge on any atom is 0.171 e. The Morgan fingerprint density at radius 3 is 2.72 bits per heavy atom. The lowest BCUT2D eigenvalue weighted by atomic mass is 10.4. The highest BCUT2D eigenvalue weighted by atomic mass is 32.1. The monoisotopic (exact) mass is 353 g/mol. The number of rotatable bonds is 7. The molecule has 0 bridgehead atoms. The Balaban J connectivity index is 2.10. The molecule has 0 unspecified atom stereocenters. The first kappa shape index (κ1) is 18.4. The summed E-state index contributed by atoms with van der Waals surface area (Å²) in [6.45, 7) is 4.22. The van der Waals surface area contributed by atoms with Crippen molar-refractivity contribution in [2.45, 2.75) is 13.5 Å². The molecule has 2 aromatic rings. The lowest BCUT2D eigenvalue weighted by Crippen LogP contribution is -2.28. The van der Waals surface area contributed by atoms with Crippen molar-refractivity contribution in [2.75, 3.05) is 25.0 Å². The largest absolute Gasteiger partial charge is 0.363 e. The smallest absolute Gasteiger partial charge is 0.171 e. The second kappa shape index (κ2) is 9.38. The molecule has 2 N–H and O–H groups in total. The van der Waals surface area contributed by atoms with Crippen LogP contribution in [0.2, 0.25) is 0 Å². The van der Waals surface area contributed by atoms with Crippen LogP contribution in [-0.4, -0.2) is 49.2 Å². The maximum atomic E-state index is 5.36. The topological polar surface area (TPSA) is 70.9 Å². The van der Waals surface area contributed by atoms with E-state index in [9.17, 15) is 0 Å². The summed E-state index contributed by atoms with van der Waals surface area (Å²) in [5.41, 5.74) is 0.849. The molecule has 0 radical (unpaired) electrons. The van der Waals surface area contributed by atoms with E-state index in [0.29, 0.717) is 36.4 Å². The lowest BCUT2D eigenvalue weighted by Gasteiger charge is -2.14. The Hall–Kier alpha value is -2.94. The van der Waals surface area contributed by atoms with Crippen LogP contribution in [0.4, 0.5) is 5.82 Å². The quantitative estimate of drug-likeness (QED) is 0.569. The van der Waals surface area contributed by atoms with Crippen LogP contribution in [-0.2, 0) is 6.54 Å². The second-order valence-electron chi connectivity index (χ2n) is 5.07. The predicted molar refractivity (Wildman–Crippen MR) is 102 cm³/mol. The van der Waals surface area contributed by atoms with E-state index in [-0.39, 0.29) is 0 Å². The molecule has 25 heavy (non-hydrogen) atoms. The molecule has 128 valence electrons. The van der Waals surface area contributed by atoms with E-state index < -0.39 is 0 Å². The molecule has 0 aliphatic heterocycles. The number of imidazole rings is 1. The molecule has 2 rings (SSSR count). The van der Waals surface area contributed by atoms with Gasteiger partial charge in [0.15, 0.2) is 5.11 Å². The normalized spacial score (nSPS) is 10.1. The Labute approximate surface area is 152 Å². The van der Waals surface area contributed by atoms with Gasteiger partial charge in [-0.25, -0.2) is 15.0 Å². The van der Waals surface area contributed by atoms with Crippen LogP contribution in [0.3, 0.4) is 0 Å².